The molecule has 0 radical (unpaired) electrons. The zero-order chi connectivity index (χ0) is 18.2. The quantitative estimate of drug-likeness (QED) is 0.572. The number of pyridine rings is 1. The van der Waals surface area contributed by atoms with Crippen LogP contribution in [0.25, 0.3) is 11.1 Å². The lowest BCUT2D eigenvalue weighted by Gasteiger charge is -2.04. The average molecular weight is 341 g/mol. The van der Waals surface area contributed by atoms with Crippen molar-refractivity contribution in [1.82, 2.24) is 4.98 Å². The number of aryl methyl sites for hydroxylation is 1. The highest BCUT2D eigenvalue weighted by Gasteiger charge is 1.98. The Morgan fingerprint density at radius 1 is 0.769 bits per heavy atom. The van der Waals surface area contributed by atoms with Gasteiger partial charge >= 0.3 is 0 Å². The van der Waals surface area contributed by atoms with E-state index in [0.29, 0.717) is 12.5 Å². The largest absolute Gasteiger partial charge is 0.478 e. The van der Waals surface area contributed by atoms with E-state index in [1.807, 2.05) is 19.1 Å². The molecule has 0 spiro atoms. The van der Waals surface area contributed by atoms with Crippen LogP contribution in [-0.2, 0) is 6.42 Å². The molecule has 3 aromatic rings. The van der Waals surface area contributed by atoms with Crippen LogP contribution >= 0.6 is 0 Å². The van der Waals surface area contributed by atoms with E-state index in [1.165, 1.54) is 23.1 Å². The second kappa shape index (κ2) is 8.87. The Kier molecular flexibility index (Phi) is 6.06. The van der Waals surface area contributed by atoms with Crippen LogP contribution in [0.5, 0.6) is 5.88 Å². The minimum atomic E-state index is 0.617. The molecule has 130 valence electrons. The van der Waals surface area contributed by atoms with Crippen LogP contribution in [-0.4, -0.2) is 11.6 Å². The molecule has 26 heavy (non-hydrogen) atoms. The molecule has 0 saturated heterocycles. The van der Waals surface area contributed by atoms with Gasteiger partial charge in [-0.1, -0.05) is 61.6 Å². The second-order valence-electron chi connectivity index (χ2n) is 6.09. The summed E-state index contributed by atoms with van der Waals surface area (Å²) in [5.74, 6) is 6.96. The zero-order valence-electron chi connectivity index (χ0n) is 15.3. The van der Waals surface area contributed by atoms with Crippen LogP contribution in [0, 0.1) is 11.8 Å². The molecule has 2 aromatic carbocycles. The normalized spacial score (nSPS) is 10.1. The molecule has 0 bridgehead atoms. The zero-order valence-corrected chi connectivity index (χ0v) is 15.3. The SMILES string of the molecule is CCCc1ccc(-c2ccc(C#Cc3ccc(OCC)nc3)cc2)cc1. The van der Waals surface area contributed by atoms with Crippen molar-refractivity contribution >= 4 is 0 Å². The Morgan fingerprint density at radius 2 is 1.38 bits per heavy atom. The van der Waals surface area contributed by atoms with Gasteiger partial charge in [0.2, 0.25) is 5.88 Å². The maximum absolute atomic E-state index is 5.34. The fourth-order valence-corrected chi connectivity index (χ4v) is 2.73. The summed E-state index contributed by atoms with van der Waals surface area (Å²) >= 11 is 0. The Bertz CT molecular complexity index is 882. The lowest BCUT2D eigenvalue weighted by Crippen LogP contribution is -1.93. The first-order valence-corrected chi connectivity index (χ1v) is 9.08. The van der Waals surface area contributed by atoms with E-state index in [4.69, 9.17) is 4.74 Å². The predicted octanol–water partition coefficient (Wildman–Crippen LogP) is 5.50. The summed E-state index contributed by atoms with van der Waals surface area (Å²) in [7, 11) is 0. The van der Waals surface area contributed by atoms with Gasteiger partial charge in [0.15, 0.2) is 0 Å². The van der Waals surface area contributed by atoms with Crippen LogP contribution in [0.3, 0.4) is 0 Å². The number of aromatic nitrogens is 1. The summed E-state index contributed by atoms with van der Waals surface area (Å²) in [4.78, 5) is 4.23. The van der Waals surface area contributed by atoms with E-state index >= 15 is 0 Å². The number of rotatable bonds is 5. The fourth-order valence-electron chi connectivity index (χ4n) is 2.73. The highest BCUT2D eigenvalue weighted by Crippen LogP contribution is 2.20. The third-order valence-corrected chi connectivity index (χ3v) is 4.09. The first-order valence-electron chi connectivity index (χ1n) is 9.08. The Balaban J connectivity index is 1.70. The van der Waals surface area contributed by atoms with Gasteiger partial charge in [0.05, 0.1) is 6.61 Å². The van der Waals surface area contributed by atoms with Crippen LogP contribution in [0.2, 0.25) is 0 Å². The maximum Gasteiger partial charge on any atom is 0.213 e. The molecule has 1 aromatic heterocycles. The molecule has 1 heterocycles. The maximum atomic E-state index is 5.34. The van der Waals surface area contributed by atoms with Gasteiger partial charge in [0, 0.05) is 23.4 Å². The number of hydrogen-bond donors (Lipinski definition) is 0. The summed E-state index contributed by atoms with van der Waals surface area (Å²) in [6.45, 7) is 4.77. The molecule has 3 rings (SSSR count). The monoisotopic (exact) mass is 341 g/mol. The third-order valence-electron chi connectivity index (χ3n) is 4.09. The summed E-state index contributed by atoms with van der Waals surface area (Å²) in [5, 5.41) is 0. The number of benzene rings is 2. The number of ether oxygens (including phenoxy) is 1. The standard InChI is InChI=1S/C24H23NO/c1-3-5-19-8-13-22(14-9-19)23-15-10-20(11-16-23)6-7-21-12-17-24(25-18-21)26-4-2/h8-18H,3-5H2,1-2H3. The molecule has 0 fully saturated rings. The topological polar surface area (TPSA) is 22.1 Å². The van der Waals surface area contributed by atoms with Crippen molar-refractivity contribution in [1.29, 1.82) is 0 Å². The predicted molar refractivity (Wildman–Crippen MR) is 107 cm³/mol. The molecular weight excluding hydrogens is 318 g/mol. The molecule has 2 heteroatoms. The molecule has 0 amide bonds. The van der Waals surface area contributed by atoms with Crippen LogP contribution < -0.4 is 4.74 Å². The van der Waals surface area contributed by atoms with Gasteiger partial charge in [0.25, 0.3) is 0 Å². The smallest absolute Gasteiger partial charge is 0.213 e. The Labute approximate surface area is 155 Å². The molecule has 0 aliphatic rings. The lowest BCUT2D eigenvalue weighted by atomic mass is 10.0. The summed E-state index contributed by atoms with van der Waals surface area (Å²) < 4.78 is 5.34. The molecule has 0 aliphatic carbocycles. The average Bonchev–Trinajstić information content (AvgIpc) is 2.69. The first kappa shape index (κ1) is 17.8. The van der Waals surface area contributed by atoms with Crippen molar-refractivity contribution in [3.8, 4) is 28.8 Å². The van der Waals surface area contributed by atoms with Gasteiger partial charge in [-0.05, 0) is 48.2 Å². The van der Waals surface area contributed by atoms with Crippen molar-refractivity contribution < 1.29 is 4.74 Å². The minimum Gasteiger partial charge on any atom is -0.478 e. The van der Waals surface area contributed by atoms with Crippen molar-refractivity contribution in [2.75, 3.05) is 6.61 Å². The summed E-state index contributed by atoms with van der Waals surface area (Å²) in [6, 6.07) is 20.9. The molecule has 0 aliphatic heterocycles. The highest BCUT2D eigenvalue weighted by molar-refractivity contribution is 5.64. The summed E-state index contributed by atoms with van der Waals surface area (Å²) in [5.41, 5.74) is 5.71. The highest BCUT2D eigenvalue weighted by atomic mass is 16.5. The van der Waals surface area contributed by atoms with E-state index in [-0.39, 0.29) is 0 Å². The van der Waals surface area contributed by atoms with E-state index in [9.17, 15) is 0 Å². The number of nitrogens with zero attached hydrogens (tertiary/aromatic N) is 1. The van der Waals surface area contributed by atoms with Gasteiger partial charge in [-0.15, -0.1) is 0 Å². The van der Waals surface area contributed by atoms with E-state index in [0.717, 1.165) is 17.5 Å². The summed E-state index contributed by atoms with van der Waals surface area (Å²) in [6.07, 6.45) is 4.05. The van der Waals surface area contributed by atoms with E-state index < -0.39 is 0 Å². The molecule has 0 atom stereocenters. The van der Waals surface area contributed by atoms with Crippen molar-refractivity contribution in [3.63, 3.8) is 0 Å². The second-order valence-corrected chi connectivity index (χ2v) is 6.09. The Hall–Kier alpha value is -3.05. The van der Waals surface area contributed by atoms with Gasteiger partial charge in [-0.25, -0.2) is 4.98 Å². The molecular formula is C24H23NO. The van der Waals surface area contributed by atoms with Gasteiger partial charge in [-0.3, -0.25) is 0 Å². The van der Waals surface area contributed by atoms with Crippen LogP contribution in [0.1, 0.15) is 37.0 Å². The van der Waals surface area contributed by atoms with Gasteiger partial charge in [0.1, 0.15) is 0 Å². The molecule has 0 saturated carbocycles. The fraction of sp³-hybridized carbons (Fsp3) is 0.208. The molecule has 0 unspecified atom stereocenters. The lowest BCUT2D eigenvalue weighted by molar-refractivity contribution is 0.327. The van der Waals surface area contributed by atoms with Crippen molar-refractivity contribution in [2.24, 2.45) is 0 Å². The third kappa shape index (κ3) is 4.74. The first-order chi connectivity index (χ1) is 12.8. The van der Waals surface area contributed by atoms with Gasteiger partial charge in [-0.2, -0.15) is 0 Å². The van der Waals surface area contributed by atoms with Crippen molar-refractivity contribution in [2.45, 2.75) is 26.7 Å². The van der Waals surface area contributed by atoms with Crippen LogP contribution in [0.4, 0.5) is 0 Å². The van der Waals surface area contributed by atoms with E-state index in [2.05, 4.69) is 72.3 Å². The number of hydrogen-bond acceptors (Lipinski definition) is 2. The van der Waals surface area contributed by atoms with E-state index in [1.54, 1.807) is 6.20 Å². The molecule has 0 N–H and O–H groups in total. The van der Waals surface area contributed by atoms with Crippen LogP contribution in [0.15, 0.2) is 66.9 Å². The van der Waals surface area contributed by atoms with Crippen molar-refractivity contribution in [3.05, 3.63) is 83.6 Å². The van der Waals surface area contributed by atoms with Gasteiger partial charge < -0.3 is 4.74 Å². The Morgan fingerprint density at radius 3 is 1.96 bits per heavy atom. The molecule has 2 nitrogen and oxygen atoms in total. The minimum absolute atomic E-state index is 0.617.